The van der Waals surface area contributed by atoms with Crippen molar-refractivity contribution >= 4 is 17.6 Å². The Bertz CT molecular complexity index is 1250. The average molecular weight is 436 g/mol. The summed E-state index contributed by atoms with van der Waals surface area (Å²) in [5.74, 6) is -1.67. The van der Waals surface area contributed by atoms with Crippen molar-refractivity contribution in [2.24, 2.45) is 0 Å². The predicted octanol–water partition coefficient (Wildman–Crippen LogP) is 3.08. The molecule has 0 bridgehead atoms. The third-order valence-electron chi connectivity index (χ3n) is 4.39. The van der Waals surface area contributed by atoms with Gasteiger partial charge in [-0.15, -0.1) is 0 Å². The van der Waals surface area contributed by atoms with Crippen LogP contribution in [0.3, 0.4) is 0 Å². The van der Waals surface area contributed by atoms with Crippen LogP contribution in [0.25, 0.3) is 11.7 Å². The van der Waals surface area contributed by atoms with Crippen LogP contribution in [0.5, 0.6) is 11.6 Å². The molecule has 32 heavy (non-hydrogen) atoms. The Morgan fingerprint density at radius 2 is 2.06 bits per heavy atom. The van der Waals surface area contributed by atoms with E-state index in [9.17, 15) is 19.2 Å². The number of carbonyl (C=O) groups is 1. The fourth-order valence-electron chi connectivity index (χ4n) is 2.82. The maximum Gasteiger partial charge on any atom is 0.269 e. The first-order chi connectivity index (χ1) is 15.5. The molecular weight excluding hydrogens is 415 g/mol. The van der Waals surface area contributed by atoms with E-state index in [4.69, 9.17) is 9.47 Å². The van der Waals surface area contributed by atoms with Crippen LogP contribution in [-0.2, 0) is 9.53 Å². The normalized spacial score (nSPS) is 11.2. The molecule has 1 N–H and O–H groups in total. The number of pyridine rings is 1. The van der Waals surface area contributed by atoms with Gasteiger partial charge >= 0.3 is 0 Å². The molecule has 1 amide bonds. The minimum absolute atomic E-state index is 0.145. The van der Waals surface area contributed by atoms with Crippen molar-refractivity contribution in [3.63, 3.8) is 0 Å². The second-order valence-electron chi connectivity index (χ2n) is 6.57. The molecule has 0 aliphatic heterocycles. The number of benzene rings is 1. The number of ether oxygens (including phenoxy) is 2. The highest BCUT2D eigenvalue weighted by atomic mass is 19.1. The van der Waals surface area contributed by atoms with Crippen LogP contribution < -0.4 is 15.6 Å². The summed E-state index contributed by atoms with van der Waals surface area (Å²) in [6.07, 6.45) is 3.16. The number of nitriles is 1. The van der Waals surface area contributed by atoms with E-state index in [1.807, 2.05) is 6.92 Å². The Balaban J connectivity index is 2.00. The molecule has 0 aliphatic carbocycles. The van der Waals surface area contributed by atoms with Crippen LogP contribution in [0.15, 0.2) is 59.0 Å². The number of nitrogens with one attached hydrogen (secondary N) is 1. The summed E-state index contributed by atoms with van der Waals surface area (Å²) < 4.78 is 26.2. The highest BCUT2D eigenvalue weighted by molar-refractivity contribution is 6.01. The largest absolute Gasteiger partial charge is 0.435 e. The zero-order chi connectivity index (χ0) is 22.9. The number of aromatic nitrogens is 2. The average Bonchev–Trinajstić information content (AvgIpc) is 2.80. The molecule has 0 spiro atoms. The van der Waals surface area contributed by atoms with E-state index in [2.05, 4.69) is 10.3 Å². The fraction of sp³-hybridized carbons (Fsp3) is 0.217. The maximum absolute atomic E-state index is 14.1. The standard InChI is InChI=1S/C23H21FN4O4/c1-2-31-13-7-11-26-21(29)16(15-25)14-17-22(32-19-9-4-3-8-18(19)24)27-20-10-5-6-12-28(20)23(17)30/h3-6,8-10,12,14H,2,7,11,13H2,1H3,(H,26,29). The number of amides is 1. The summed E-state index contributed by atoms with van der Waals surface area (Å²) in [4.78, 5) is 29.8. The zero-order valence-corrected chi connectivity index (χ0v) is 17.4. The Morgan fingerprint density at radius 3 is 2.81 bits per heavy atom. The lowest BCUT2D eigenvalue weighted by molar-refractivity contribution is -0.117. The van der Waals surface area contributed by atoms with Gasteiger partial charge in [-0.05, 0) is 43.7 Å². The van der Waals surface area contributed by atoms with E-state index >= 15 is 0 Å². The van der Waals surface area contributed by atoms with Crippen molar-refractivity contribution in [2.45, 2.75) is 13.3 Å². The zero-order valence-electron chi connectivity index (χ0n) is 17.4. The number of rotatable bonds is 9. The van der Waals surface area contributed by atoms with E-state index in [0.29, 0.717) is 26.2 Å². The second-order valence-corrected chi connectivity index (χ2v) is 6.57. The van der Waals surface area contributed by atoms with Gasteiger partial charge in [-0.1, -0.05) is 18.2 Å². The van der Waals surface area contributed by atoms with E-state index in [-0.39, 0.29) is 28.4 Å². The summed E-state index contributed by atoms with van der Waals surface area (Å²) in [6, 6.07) is 12.3. The molecule has 2 heterocycles. The van der Waals surface area contributed by atoms with Crippen molar-refractivity contribution in [1.29, 1.82) is 5.26 Å². The van der Waals surface area contributed by atoms with Crippen molar-refractivity contribution < 1.29 is 18.7 Å². The van der Waals surface area contributed by atoms with Crippen LogP contribution in [0.2, 0.25) is 0 Å². The molecule has 0 radical (unpaired) electrons. The molecule has 9 heteroatoms. The molecule has 0 aliphatic rings. The van der Waals surface area contributed by atoms with Crippen molar-refractivity contribution in [3.8, 4) is 17.7 Å². The SMILES string of the molecule is CCOCCCNC(=O)C(C#N)=Cc1c(Oc2ccccc2F)nc2ccccn2c1=O. The number of hydrogen-bond donors (Lipinski definition) is 1. The Hall–Kier alpha value is -4.03. The lowest BCUT2D eigenvalue weighted by atomic mass is 10.1. The fourth-order valence-corrected chi connectivity index (χ4v) is 2.82. The summed E-state index contributed by atoms with van der Waals surface area (Å²) in [7, 11) is 0. The number of carbonyl (C=O) groups excluding carboxylic acids is 1. The summed E-state index contributed by atoms with van der Waals surface area (Å²) in [5.41, 5.74) is -0.772. The van der Waals surface area contributed by atoms with Crippen LogP contribution in [0.1, 0.15) is 18.9 Å². The van der Waals surface area contributed by atoms with E-state index in [0.717, 1.165) is 6.08 Å². The van der Waals surface area contributed by atoms with Gasteiger partial charge in [0.15, 0.2) is 11.6 Å². The van der Waals surface area contributed by atoms with Gasteiger partial charge in [-0.25, -0.2) is 4.39 Å². The molecule has 0 atom stereocenters. The highest BCUT2D eigenvalue weighted by Gasteiger charge is 2.18. The first-order valence-electron chi connectivity index (χ1n) is 9.96. The third-order valence-corrected chi connectivity index (χ3v) is 4.39. The minimum atomic E-state index is -0.654. The van der Waals surface area contributed by atoms with Crippen molar-refractivity contribution in [2.75, 3.05) is 19.8 Å². The molecule has 1 aromatic carbocycles. The van der Waals surface area contributed by atoms with Crippen LogP contribution in [0.4, 0.5) is 4.39 Å². The lowest BCUT2D eigenvalue weighted by Crippen LogP contribution is -2.27. The molecule has 0 saturated heterocycles. The van der Waals surface area contributed by atoms with E-state index in [1.165, 1.54) is 28.8 Å². The Kier molecular flexibility index (Phi) is 7.67. The molecule has 164 valence electrons. The van der Waals surface area contributed by atoms with Crippen molar-refractivity contribution in [3.05, 3.63) is 76.0 Å². The van der Waals surface area contributed by atoms with Gasteiger partial charge in [0.25, 0.3) is 11.5 Å². The summed E-state index contributed by atoms with van der Waals surface area (Å²) in [6.45, 7) is 3.21. The van der Waals surface area contributed by atoms with E-state index < -0.39 is 17.3 Å². The molecule has 3 rings (SSSR count). The number of fused-ring (bicyclic) bond motifs is 1. The van der Waals surface area contributed by atoms with Crippen LogP contribution in [-0.4, -0.2) is 35.1 Å². The molecule has 0 unspecified atom stereocenters. The van der Waals surface area contributed by atoms with Gasteiger partial charge < -0.3 is 14.8 Å². The molecule has 8 nitrogen and oxygen atoms in total. The predicted molar refractivity (Wildman–Crippen MR) is 116 cm³/mol. The summed E-state index contributed by atoms with van der Waals surface area (Å²) >= 11 is 0. The van der Waals surface area contributed by atoms with Crippen LogP contribution >= 0.6 is 0 Å². The number of nitrogens with zero attached hydrogens (tertiary/aromatic N) is 3. The molecule has 0 fully saturated rings. The quantitative estimate of drug-likeness (QED) is 0.314. The first-order valence-corrected chi connectivity index (χ1v) is 9.96. The smallest absolute Gasteiger partial charge is 0.269 e. The number of halogens is 1. The van der Waals surface area contributed by atoms with Gasteiger partial charge in [-0.3, -0.25) is 14.0 Å². The van der Waals surface area contributed by atoms with Gasteiger partial charge in [0, 0.05) is 26.0 Å². The van der Waals surface area contributed by atoms with Gasteiger partial charge in [-0.2, -0.15) is 10.2 Å². The molecule has 2 aromatic heterocycles. The third kappa shape index (κ3) is 5.36. The maximum atomic E-state index is 14.1. The summed E-state index contributed by atoms with van der Waals surface area (Å²) in [5, 5.41) is 12.1. The monoisotopic (exact) mass is 436 g/mol. The minimum Gasteiger partial charge on any atom is -0.435 e. The Morgan fingerprint density at radius 1 is 1.28 bits per heavy atom. The second kappa shape index (κ2) is 10.8. The lowest BCUT2D eigenvalue weighted by Gasteiger charge is -2.11. The van der Waals surface area contributed by atoms with Gasteiger partial charge in [0.1, 0.15) is 22.9 Å². The molecular formula is C23H21FN4O4. The van der Waals surface area contributed by atoms with Gasteiger partial charge in [0.2, 0.25) is 5.88 Å². The van der Waals surface area contributed by atoms with Crippen molar-refractivity contribution in [1.82, 2.24) is 14.7 Å². The highest BCUT2D eigenvalue weighted by Crippen LogP contribution is 2.26. The van der Waals surface area contributed by atoms with Gasteiger partial charge in [0.05, 0.1) is 0 Å². The number of para-hydroxylation sites is 1. The molecule has 0 saturated carbocycles. The molecule has 3 aromatic rings. The van der Waals surface area contributed by atoms with Crippen LogP contribution in [0, 0.1) is 17.1 Å². The first kappa shape index (κ1) is 22.7. The Labute approximate surface area is 183 Å². The number of hydrogen-bond acceptors (Lipinski definition) is 6. The van der Waals surface area contributed by atoms with E-state index in [1.54, 1.807) is 30.3 Å². The topological polar surface area (TPSA) is 106 Å².